The van der Waals surface area contributed by atoms with E-state index in [0.29, 0.717) is 29.2 Å². The zero-order valence-corrected chi connectivity index (χ0v) is 17.6. The van der Waals surface area contributed by atoms with Crippen LogP contribution in [-0.2, 0) is 0 Å². The molecular weight excluding hydrogens is 409 g/mol. The lowest BCUT2D eigenvalue weighted by molar-refractivity contribution is 0.0967. The molecule has 0 bridgehead atoms. The van der Waals surface area contributed by atoms with Gasteiger partial charge in [0.1, 0.15) is 17.2 Å². The minimum absolute atomic E-state index is 0.0123. The van der Waals surface area contributed by atoms with Gasteiger partial charge in [-0.2, -0.15) is 4.68 Å². The highest BCUT2D eigenvalue weighted by Crippen LogP contribution is 2.26. The monoisotopic (exact) mass is 431 g/mol. The number of nitrogens with zero attached hydrogens (tertiary/aromatic N) is 6. The van der Waals surface area contributed by atoms with Crippen LogP contribution in [0.3, 0.4) is 0 Å². The predicted molar refractivity (Wildman–Crippen MR) is 118 cm³/mol. The van der Waals surface area contributed by atoms with E-state index in [1.807, 2.05) is 19.1 Å². The zero-order valence-electron chi connectivity index (χ0n) is 17.6. The summed E-state index contributed by atoms with van der Waals surface area (Å²) in [5.41, 5.74) is 2.42. The van der Waals surface area contributed by atoms with E-state index in [0.717, 1.165) is 24.9 Å². The Labute approximate surface area is 184 Å². The van der Waals surface area contributed by atoms with Gasteiger partial charge in [0.2, 0.25) is 0 Å². The van der Waals surface area contributed by atoms with Crippen molar-refractivity contribution in [2.24, 2.45) is 0 Å². The molecule has 5 rings (SSSR count). The molecule has 0 saturated carbocycles. The molecule has 32 heavy (non-hydrogen) atoms. The summed E-state index contributed by atoms with van der Waals surface area (Å²) in [6.07, 6.45) is 5.04. The molecule has 1 aromatic carbocycles. The topological polar surface area (TPSA) is 88.8 Å². The van der Waals surface area contributed by atoms with Crippen molar-refractivity contribution in [1.29, 1.82) is 0 Å². The van der Waals surface area contributed by atoms with Gasteiger partial charge in [-0.25, -0.2) is 14.4 Å². The number of amides is 1. The Bertz CT molecular complexity index is 1280. The summed E-state index contributed by atoms with van der Waals surface area (Å²) in [5.74, 6) is -0.485. The van der Waals surface area contributed by atoms with Crippen LogP contribution in [0.15, 0.2) is 54.9 Å². The highest BCUT2D eigenvalue weighted by Gasteiger charge is 2.31. The number of piperidine rings is 1. The van der Waals surface area contributed by atoms with Gasteiger partial charge in [-0.05, 0) is 62.2 Å². The number of nitrogens with one attached hydrogen (secondary N) is 1. The zero-order chi connectivity index (χ0) is 22.1. The van der Waals surface area contributed by atoms with Crippen LogP contribution in [0.5, 0.6) is 0 Å². The second kappa shape index (κ2) is 8.43. The number of pyridine rings is 2. The Kier molecular flexibility index (Phi) is 5.32. The van der Waals surface area contributed by atoms with Crippen molar-refractivity contribution in [3.63, 3.8) is 0 Å². The highest BCUT2D eigenvalue weighted by molar-refractivity contribution is 6.06. The van der Waals surface area contributed by atoms with Gasteiger partial charge in [0, 0.05) is 25.0 Å². The van der Waals surface area contributed by atoms with Gasteiger partial charge in [-0.3, -0.25) is 9.69 Å². The number of carbonyl (C=O) groups excluding carboxylic acids is 1. The van der Waals surface area contributed by atoms with Crippen molar-refractivity contribution in [1.82, 2.24) is 30.3 Å². The predicted octanol–water partition coefficient (Wildman–Crippen LogP) is 3.06. The third-order valence-electron chi connectivity index (χ3n) is 5.70. The summed E-state index contributed by atoms with van der Waals surface area (Å²) in [4.78, 5) is 23.9. The third-order valence-corrected chi connectivity index (χ3v) is 5.70. The van der Waals surface area contributed by atoms with Gasteiger partial charge in [-0.1, -0.05) is 11.3 Å². The van der Waals surface area contributed by atoms with Crippen LogP contribution in [0.1, 0.15) is 28.8 Å². The number of hydrogen-bond acceptors (Lipinski definition) is 6. The maximum absolute atomic E-state index is 15.3. The van der Waals surface area contributed by atoms with Gasteiger partial charge in [0.05, 0.1) is 17.3 Å². The molecule has 4 aromatic rings. The molecule has 1 atom stereocenters. The number of anilines is 1. The molecule has 1 aliphatic rings. The smallest absolute Gasteiger partial charge is 0.262 e. The van der Waals surface area contributed by atoms with E-state index in [1.54, 1.807) is 35.5 Å². The summed E-state index contributed by atoms with van der Waals surface area (Å²) in [6, 6.07) is 11.6. The minimum Gasteiger partial charge on any atom is -0.315 e. The molecule has 3 aromatic heterocycles. The number of benzene rings is 1. The van der Waals surface area contributed by atoms with Crippen molar-refractivity contribution < 1.29 is 9.18 Å². The standard InChI is InChI=1S/C23H22FN7O/c1-15-5-2-11-26-21(15)30(17-6-3-10-25-14-17)23(32)18-9-8-16(13-19(18)24)31-22-20(28-29-31)7-4-12-27-22/h2,4-5,7-9,11-13,17,25H,3,6,10,14H2,1H3/t17-/m1/s1. The van der Waals surface area contributed by atoms with Crippen LogP contribution in [0.4, 0.5) is 10.2 Å². The summed E-state index contributed by atoms with van der Waals surface area (Å²) in [6.45, 7) is 3.45. The molecule has 1 amide bonds. The van der Waals surface area contributed by atoms with Gasteiger partial charge in [0.15, 0.2) is 5.65 Å². The molecule has 162 valence electrons. The van der Waals surface area contributed by atoms with Crippen LogP contribution >= 0.6 is 0 Å². The first-order chi connectivity index (χ1) is 15.6. The SMILES string of the molecule is Cc1cccnc1N(C(=O)c1ccc(-n2nnc3cccnc32)cc1F)[C@@H]1CCCNC1. The van der Waals surface area contributed by atoms with E-state index in [2.05, 4.69) is 25.6 Å². The summed E-state index contributed by atoms with van der Waals surface area (Å²) >= 11 is 0. The van der Waals surface area contributed by atoms with Crippen molar-refractivity contribution in [2.75, 3.05) is 18.0 Å². The third kappa shape index (κ3) is 3.60. The van der Waals surface area contributed by atoms with Crippen LogP contribution in [0, 0.1) is 12.7 Å². The molecule has 4 heterocycles. The molecular formula is C23H22FN7O. The van der Waals surface area contributed by atoms with Gasteiger partial charge in [-0.15, -0.1) is 5.10 Å². The fourth-order valence-corrected chi connectivity index (χ4v) is 4.10. The Morgan fingerprint density at radius 2 is 2.03 bits per heavy atom. The van der Waals surface area contributed by atoms with Crippen LogP contribution in [0.2, 0.25) is 0 Å². The second-order valence-electron chi connectivity index (χ2n) is 7.83. The second-order valence-corrected chi connectivity index (χ2v) is 7.83. The summed E-state index contributed by atoms with van der Waals surface area (Å²) < 4.78 is 16.7. The lowest BCUT2D eigenvalue weighted by atomic mass is 10.0. The van der Waals surface area contributed by atoms with Crippen molar-refractivity contribution in [3.8, 4) is 5.69 Å². The first-order valence-electron chi connectivity index (χ1n) is 10.6. The molecule has 0 unspecified atom stereocenters. The normalized spacial score (nSPS) is 16.2. The van der Waals surface area contributed by atoms with E-state index in [9.17, 15) is 4.79 Å². The molecule has 1 aliphatic heterocycles. The number of carbonyl (C=O) groups is 1. The lowest BCUT2D eigenvalue weighted by Gasteiger charge is -2.34. The summed E-state index contributed by atoms with van der Waals surface area (Å²) in [7, 11) is 0. The number of fused-ring (bicyclic) bond motifs is 1. The number of halogens is 1. The minimum atomic E-state index is -0.630. The quantitative estimate of drug-likeness (QED) is 0.534. The van der Waals surface area contributed by atoms with E-state index < -0.39 is 11.7 Å². The molecule has 1 saturated heterocycles. The Morgan fingerprint density at radius 3 is 2.81 bits per heavy atom. The van der Waals surface area contributed by atoms with E-state index in [4.69, 9.17) is 0 Å². The highest BCUT2D eigenvalue weighted by atomic mass is 19.1. The first kappa shape index (κ1) is 20.2. The van der Waals surface area contributed by atoms with Crippen LogP contribution in [0.25, 0.3) is 16.9 Å². The first-order valence-corrected chi connectivity index (χ1v) is 10.6. The fourth-order valence-electron chi connectivity index (χ4n) is 4.10. The largest absolute Gasteiger partial charge is 0.315 e. The molecule has 0 spiro atoms. The lowest BCUT2D eigenvalue weighted by Crippen LogP contribution is -2.49. The van der Waals surface area contributed by atoms with Gasteiger partial charge >= 0.3 is 0 Å². The molecule has 0 radical (unpaired) electrons. The fraction of sp³-hybridized carbons (Fsp3) is 0.261. The average molecular weight is 431 g/mol. The Balaban J connectivity index is 1.53. The van der Waals surface area contributed by atoms with Crippen molar-refractivity contribution >= 4 is 22.9 Å². The molecule has 0 aliphatic carbocycles. The van der Waals surface area contributed by atoms with Crippen molar-refractivity contribution in [3.05, 3.63) is 71.8 Å². The molecule has 1 fully saturated rings. The number of aromatic nitrogens is 5. The summed E-state index contributed by atoms with van der Waals surface area (Å²) in [5, 5.41) is 11.5. The van der Waals surface area contributed by atoms with E-state index >= 15 is 4.39 Å². The average Bonchev–Trinajstić information content (AvgIpc) is 3.25. The van der Waals surface area contributed by atoms with Crippen LogP contribution in [-0.4, -0.2) is 50.0 Å². The maximum atomic E-state index is 15.3. The van der Waals surface area contributed by atoms with E-state index in [1.165, 1.54) is 16.8 Å². The molecule has 1 N–H and O–H groups in total. The van der Waals surface area contributed by atoms with E-state index in [-0.39, 0.29) is 11.6 Å². The molecule has 9 heteroatoms. The molecule has 8 nitrogen and oxygen atoms in total. The Hall–Kier alpha value is -3.72. The Morgan fingerprint density at radius 1 is 1.19 bits per heavy atom. The van der Waals surface area contributed by atoms with Gasteiger partial charge in [0.25, 0.3) is 5.91 Å². The van der Waals surface area contributed by atoms with Gasteiger partial charge < -0.3 is 5.32 Å². The van der Waals surface area contributed by atoms with Crippen LogP contribution < -0.4 is 10.2 Å². The number of aryl methyl sites for hydroxylation is 1. The maximum Gasteiger partial charge on any atom is 0.262 e. The van der Waals surface area contributed by atoms with Crippen molar-refractivity contribution in [2.45, 2.75) is 25.8 Å². The number of rotatable bonds is 4. The number of hydrogen-bond donors (Lipinski definition) is 1.